The van der Waals surface area contributed by atoms with E-state index in [0.717, 1.165) is 9.09 Å². The molecule has 2 rings (SSSR count). The van der Waals surface area contributed by atoms with E-state index in [1.54, 1.807) is 12.3 Å². The van der Waals surface area contributed by atoms with Crippen molar-refractivity contribution in [3.63, 3.8) is 0 Å². The van der Waals surface area contributed by atoms with Crippen molar-refractivity contribution in [2.75, 3.05) is 0 Å². The molecule has 0 saturated heterocycles. The molecule has 0 aliphatic heterocycles. The molecule has 0 radical (unpaired) electrons. The second-order valence-electron chi connectivity index (χ2n) is 4.85. The van der Waals surface area contributed by atoms with Crippen molar-refractivity contribution in [1.82, 2.24) is 9.55 Å². The van der Waals surface area contributed by atoms with Gasteiger partial charge in [-0.25, -0.2) is 14.3 Å². The van der Waals surface area contributed by atoms with E-state index in [2.05, 4.69) is 27.6 Å². The quantitative estimate of drug-likeness (QED) is 0.512. The summed E-state index contributed by atoms with van der Waals surface area (Å²) in [5.41, 5.74) is 0.168. The van der Waals surface area contributed by atoms with Gasteiger partial charge in [0.15, 0.2) is 0 Å². The second-order valence-corrected chi connectivity index (χ2v) is 6.34. The van der Waals surface area contributed by atoms with Crippen LogP contribution in [0, 0.1) is 3.70 Å². The smallest absolute Gasteiger partial charge is 0.419 e. The van der Waals surface area contributed by atoms with Gasteiger partial charge in [0, 0.05) is 17.6 Å². The first-order chi connectivity index (χ1) is 8.28. The highest BCUT2D eigenvalue weighted by molar-refractivity contribution is 14.1. The van der Waals surface area contributed by atoms with Crippen LogP contribution in [0.25, 0.3) is 10.9 Å². The maximum absolute atomic E-state index is 12.1. The third-order valence-corrected chi connectivity index (χ3v) is 3.18. The van der Waals surface area contributed by atoms with E-state index >= 15 is 0 Å². The average Bonchev–Trinajstić information content (AvgIpc) is 2.50. The summed E-state index contributed by atoms with van der Waals surface area (Å²) in [7, 11) is 0. The van der Waals surface area contributed by atoms with Gasteiger partial charge in [-0.05, 0) is 49.4 Å². The molecule has 2 heterocycles. The molecule has 0 aliphatic rings. The lowest BCUT2D eigenvalue weighted by atomic mass is 10.2. The number of carbonyl (C=O) groups is 1. The van der Waals surface area contributed by atoms with E-state index < -0.39 is 11.7 Å². The molecule has 18 heavy (non-hydrogen) atoms. The van der Waals surface area contributed by atoms with Crippen LogP contribution in [0.3, 0.4) is 0 Å². The van der Waals surface area contributed by atoms with Gasteiger partial charge in [-0.1, -0.05) is 11.6 Å². The van der Waals surface area contributed by atoms with E-state index in [1.807, 2.05) is 26.8 Å². The Morgan fingerprint density at radius 1 is 1.44 bits per heavy atom. The number of fused-ring (bicyclic) bond motifs is 1. The average molecular weight is 379 g/mol. The molecule has 96 valence electrons. The molecule has 6 heteroatoms. The number of hydrogen-bond donors (Lipinski definition) is 0. The molecular weight excluding hydrogens is 367 g/mol. The van der Waals surface area contributed by atoms with Crippen LogP contribution in [0.2, 0.25) is 5.15 Å². The minimum atomic E-state index is -0.534. The first kappa shape index (κ1) is 13.6. The molecule has 0 saturated carbocycles. The van der Waals surface area contributed by atoms with Gasteiger partial charge in [0.25, 0.3) is 0 Å². The van der Waals surface area contributed by atoms with Crippen LogP contribution < -0.4 is 0 Å². The van der Waals surface area contributed by atoms with Gasteiger partial charge in [0.05, 0.1) is 9.22 Å². The first-order valence-electron chi connectivity index (χ1n) is 5.34. The van der Waals surface area contributed by atoms with Crippen molar-refractivity contribution in [2.24, 2.45) is 0 Å². The number of halogens is 2. The SMILES string of the molecule is CC(C)(C)OC(=O)n1c(I)cc2cnc(Cl)cc21. The molecule has 0 aliphatic carbocycles. The van der Waals surface area contributed by atoms with Crippen molar-refractivity contribution < 1.29 is 9.53 Å². The van der Waals surface area contributed by atoms with Crippen LogP contribution in [-0.2, 0) is 4.74 Å². The summed E-state index contributed by atoms with van der Waals surface area (Å²) in [4.78, 5) is 16.1. The maximum Gasteiger partial charge on any atom is 0.419 e. The molecule has 0 aromatic carbocycles. The molecule has 0 amide bonds. The van der Waals surface area contributed by atoms with Crippen LogP contribution in [0.5, 0.6) is 0 Å². The van der Waals surface area contributed by atoms with Crippen LogP contribution >= 0.6 is 34.2 Å². The minimum Gasteiger partial charge on any atom is -0.443 e. The molecule has 0 N–H and O–H groups in total. The molecule has 2 aromatic rings. The van der Waals surface area contributed by atoms with E-state index in [4.69, 9.17) is 16.3 Å². The number of rotatable bonds is 0. The summed E-state index contributed by atoms with van der Waals surface area (Å²) in [5.74, 6) is 0. The van der Waals surface area contributed by atoms with Gasteiger partial charge in [0.1, 0.15) is 10.8 Å². The summed E-state index contributed by atoms with van der Waals surface area (Å²) in [6, 6.07) is 3.52. The zero-order valence-electron chi connectivity index (χ0n) is 10.2. The van der Waals surface area contributed by atoms with Crippen molar-refractivity contribution in [2.45, 2.75) is 26.4 Å². The van der Waals surface area contributed by atoms with Gasteiger partial charge < -0.3 is 4.74 Å². The number of hydrogen-bond acceptors (Lipinski definition) is 3. The molecule has 0 bridgehead atoms. The monoisotopic (exact) mass is 378 g/mol. The Morgan fingerprint density at radius 2 is 2.11 bits per heavy atom. The van der Waals surface area contributed by atoms with E-state index in [0.29, 0.717) is 10.7 Å². The second kappa shape index (κ2) is 4.70. The highest BCUT2D eigenvalue weighted by atomic mass is 127. The lowest BCUT2D eigenvalue weighted by Gasteiger charge is -2.20. The van der Waals surface area contributed by atoms with Crippen molar-refractivity contribution in [1.29, 1.82) is 0 Å². The molecule has 0 fully saturated rings. The predicted molar refractivity (Wildman–Crippen MR) is 79.1 cm³/mol. The number of pyridine rings is 1. The molecule has 0 spiro atoms. The summed E-state index contributed by atoms with van der Waals surface area (Å²) in [6.07, 6.45) is 1.23. The van der Waals surface area contributed by atoms with Gasteiger partial charge in [0.2, 0.25) is 0 Å². The third-order valence-electron chi connectivity index (χ3n) is 2.18. The predicted octanol–water partition coefficient (Wildman–Crippen LogP) is 4.08. The fourth-order valence-corrected chi connectivity index (χ4v) is 2.48. The lowest BCUT2D eigenvalue weighted by Crippen LogP contribution is -2.27. The summed E-state index contributed by atoms with van der Waals surface area (Å²) in [5, 5.41) is 1.21. The van der Waals surface area contributed by atoms with Crippen LogP contribution in [0.1, 0.15) is 20.8 Å². The normalized spacial score (nSPS) is 11.8. The summed E-state index contributed by atoms with van der Waals surface area (Å²) < 4.78 is 7.63. The zero-order chi connectivity index (χ0) is 13.5. The van der Waals surface area contributed by atoms with E-state index in [9.17, 15) is 4.79 Å². The maximum atomic E-state index is 12.1. The minimum absolute atomic E-state index is 0.349. The van der Waals surface area contributed by atoms with Crippen LogP contribution in [-0.4, -0.2) is 21.2 Å². The molecule has 4 nitrogen and oxygen atoms in total. The third kappa shape index (κ3) is 2.77. The zero-order valence-corrected chi connectivity index (χ0v) is 13.1. The molecule has 2 aromatic heterocycles. The lowest BCUT2D eigenvalue weighted by molar-refractivity contribution is 0.0540. The molecular formula is C12H12ClIN2O2. The van der Waals surface area contributed by atoms with Crippen molar-refractivity contribution in [3.05, 3.63) is 27.2 Å². The van der Waals surface area contributed by atoms with Crippen molar-refractivity contribution in [3.8, 4) is 0 Å². The highest BCUT2D eigenvalue weighted by Gasteiger charge is 2.21. The Labute approximate surface area is 123 Å². The number of nitrogens with zero attached hydrogens (tertiary/aromatic N) is 2. The Bertz CT molecular complexity index is 616. The topological polar surface area (TPSA) is 44.1 Å². The largest absolute Gasteiger partial charge is 0.443 e. The van der Waals surface area contributed by atoms with Gasteiger partial charge >= 0.3 is 6.09 Å². The molecule has 0 atom stereocenters. The summed E-state index contributed by atoms with van der Waals surface area (Å²) >= 11 is 7.94. The summed E-state index contributed by atoms with van der Waals surface area (Å²) in [6.45, 7) is 5.49. The standard InChI is InChI=1S/C12H12ClIN2O2/c1-12(2,3)18-11(17)16-8-5-9(13)15-6-7(8)4-10(16)14/h4-6H,1-3H3. The van der Waals surface area contributed by atoms with Crippen molar-refractivity contribution >= 4 is 51.2 Å². The van der Waals surface area contributed by atoms with Gasteiger partial charge in [-0.3, -0.25) is 0 Å². The first-order valence-corrected chi connectivity index (χ1v) is 6.79. The molecule has 0 unspecified atom stereocenters. The Kier molecular flexibility index (Phi) is 3.55. The number of ether oxygens (including phenoxy) is 1. The Balaban J connectivity index is 2.53. The number of carbonyl (C=O) groups excluding carboxylic acids is 1. The van der Waals surface area contributed by atoms with Crippen LogP contribution in [0.15, 0.2) is 18.3 Å². The Morgan fingerprint density at radius 3 is 2.72 bits per heavy atom. The fourth-order valence-electron chi connectivity index (χ4n) is 1.54. The number of aromatic nitrogens is 2. The van der Waals surface area contributed by atoms with Gasteiger partial charge in [-0.2, -0.15) is 0 Å². The Hall–Kier alpha value is -0.820. The van der Waals surface area contributed by atoms with Gasteiger partial charge in [-0.15, -0.1) is 0 Å². The fraction of sp³-hybridized carbons (Fsp3) is 0.333. The highest BCUT2D eigenvalue weighted by Crippen LogP contribution is 2.24. The van der Waals surface area contributed by atoms with E-state index in [1.165, 1.54) is 4.57 Å². The van der Waals surface area contributed by atoms with Crippen LogP contribution in [0.4, 0.5) is 4.79 Å². The van der Waals surface area contributed by atoms with E-state index in [-0.39, 0.29) is 0 Å².